The van der Waals surface area contributed by atoms with E-state index in [4.69, 9.17) is 0 Å². The highest BCUT2D eigenvalue weighted by Crippen LogP contribution is 2.39. The van der Waals surface area contributed by atoms with Crippen LogP contribution in [0.4, 0.5) is 0 Å². The van der Waals surface area contributed by atoms with Gasteiger partial charge in [-0.15, -0.1) is 0 Å². The van der Waals surface area contributed by atoms with Crippen LogP contribution in [-0.2, 0) is 9.53 Å². The van der Waals surface area contributed by atoms with E-state index in [1.54, 1.807) is 0 Å². The third kappa shape index (κ3) is 3.77. The summed E-state index contributed by atoms with van der Waals surface area (Å²) >= 11 is 0. The summed E-state index contributed by atoms with van der Waals surface area (Å²) in [6.07, 6.45) is 12.2. The minimum absolute atomic E-state index is 0.399. The van der Waals surface area contributed by atoms with E-state index in [9.17, 15) is 4.79 Å². The van der Waals surface area contributed by atoms with E-state index in [2.05, 4.69) is 16.6 Å². The van der Waals surface area contributed by atoms with Crippen molar-refractivity contribution in [3.8, 4) is 11.8 Å². The predicted octanol–water partition coefficient (Wildman–Crippen LogP) is 3.55. The Morgan fingerprint density at radius 3 is 2.17 bits per heavy atom. The van der Waals surface area contributed by atoms with Crippen molar-refractivity contribution in [3.63, 3.8) is 0 Å². The van der Waals surface area contributed by atoms with Crippen molar-refractivity contribution in [3.05, 3.63) is 0 Å². The zero-order chi connectivity index (χ0) is 12.8. The normalized spacial score (nSPS) is 29.2. The minimum Gasteiger partial charge on any atom is -0.459 e. The average Bonchev–Trinajstić information content (AvgIpc) is 2.46. The second-order valence-electron chi connectivity index (χ2n) is 5.77. The van der Waals surface area contributed by atoms with Crippen LogP contribution in [0, 0.1) is 29.6 Å². The molecule has 0 aromatic rings. The van der Waals surface area contributed by atoms with Gasteiger partial charge >= 0.3 is 5.97 Å². The average molecular weight is 248 g/mol. The van der Waals surface area contributed by atoms with E-state index in [0.717, 1.165) is 11.8 Å². The maximum Gasteiger partial charge on any atom is 0.384 e. The molecule has 2 saturated carbocycles. The second-order valence-corrected chi connectivity index (χ2v) is 5.77. The Hall–Kier alpha value is -0.970. The summed E-state index contributed by atoms with van der Waals surface area (Å²) in [6.45, 7) is 0. The van der Waals surface area contributed by atoms with Crippen molar-refractivity contribution in [2.45, 2.75) is 57.8 Å². The number of methoxy groups -OCH3 is 1. The maximum absolute atomic E-state index is 11.0. The summed E-state index contributed by atoms with van der Waals surface area (Å²) in [5, 5.41) is 0. The molecule has 0 atom stereocenters. The number of carbonyl (C=O) groups excluding carboxylic acids is 1. The summed E-state index contributed by atoms with van der Waals surface area (Å²) in [4.78, 5) is 11.0. The first kappa shape index (κ1) is 13.5. The van der Waals surface area contributed by atoms with Gasteiger partial charge in [-0.05, 0) is 37.5 Å². The molecule has 0 unspecified atom stereocenters. The zero-order valence-corrected chi connectivity index (χ0v) is 11.4. The summed E-state index contributed by atoms with van der Waals surface area (Å²) < 4.78 is 4.55. The fourth-order valence-electron chi connectivity index (χ4n) is 3.55. The molecule has 0 aliphatic heterocycles. The van der Waals surface area contributed by atoms with Crippen LogP contribution in [-0.4, -0.2) is 13.1 Å². The van der Waals surface area contributed by atoms with Gasteiger partial charge in [0.2, 0.25) is 0 Å². The Labute approximate surface area is 110 Å². The molecule has 0 heterocycles. The first-order chi connectivity index (χ1) is 8.79. The molecule has 2 rings (SSSR count). The van der Waals surface area contributed by atoms with Gasteiger partial charge in [-0.1, -0.05) is 38.0 Å². The van der Waals surface area contributed by atoms with Gasteiger partial charge in [0, 0.05) is 11.8 Å². The van der Waals surface area contributed by atoms with Crippen LogP contribution >= 0.6 is 0 Å². The van der Waals surface area contributed by atoms with E-state index in [1.165, 1.54) is 64.9 Å². The molecule has 0 aromatic heterocycles. The fraction of sp³-hybridized carbons (Fsp3) is 0.812. The number of hydrogen-bond acceptors (Lipinski definition) is 2. The molecule has 100 valence electrons. The fourth-order valence-corrected chi connectivity index (χ4v) is 3.55. The summed E-state index contributed by atoms with van der Waals surface area (Å²) in [6, 6.07) is 0. The predicted molar refractivity (Wildman–Crippen MR) is 71.8 cm³/mol. The van der Waals surface area contributed by atoms with Crippen molar-refractivity contribution in [1.29, 1.82) is 0 Å². The van der Waals surface area contributed by atoms with E-state index in [0.29, 0.717) is 5.92 Å². The first-order valence-electron chi connectivity index (χ1n) is 7.39. The van der Waals surface area contributed by atoms with Crippen LogP contribution in [0.2, 0.25) is 0 Å². The SMILES string of the molecule is COC(=O)C#CC1CCC(C2CCCCC2)CC1. The Morgan fingerprint density at radius 2 is 1.56 bits per heavy atom. The van der Waals surface area contributed by atoms with Crippen molar-refractivity contribution >= 4 is 5.97 Å². The topological polar surface area (TPSA) is 26.3 Å². The highest BCUT2D eigenvalue weighted by atomic mass is 16.5. The Morgan fingerprint density at radius 1 is 0.944 bits per heavy atom. The van der Waals surface area contributed by atoms with Gasteiger partial charge in [0.25, 0.3) is 0 Å². The van der Waals surface area contributed by atoms with E-state index in [-0.39, 0.29) is 0 Å². The van der Waals surface area contributed by atoms with Gasteiger partial charge in [-0.2, -0.15) is 0 Å². The Bertz CT molecular complexity index is 323. The van der Waals surface area contributed by atoms with Gasteiger partial charge in [0.1, 0.15) is 0 Å². The quantitative estimate of drug-likeness (QED) is 0.403. The molecule has 0 amide bonds. The van der Waals surface area contributed by atoms with Crippen LogP contribution in [0.3, 0.4) is 0 Å². The van der Waals surface area contributed by atoms with Crippen molar-refractivity contribution in [2.24, 2.45) is 17.8 Å². The molecule has 0 saturated heterocycles. The molecule has 0 aromatic carbocycles. The van der Waals surface area contributed by atoms with Crippen LogP contribution < -0.4 is 0 Å². The van der Waals surface area contributed by atoms with Crippen molar-refractivity contribution < 1.29 is 9.53 Å². The Kier molecular flexibility index (Phi) is 5.11. The number of carbonyl (C=O) groups is 1. The molecule has 2 fully saturated rings. The van der Waals surface area contributed by atoms with Gasteiger partial charge in [0.15, 0.2) is 0 Å². The van der Waals surface area contributed by atoms with Gasteiger partial charge < -0.3 is 4.74 Å². The molecule has 0 bridgehead atoms. The minimum atomic E-state index is -0.399. The van der Waals surface area contributed by atoms with Gasteiger partial charge in [-0.3, -0.25) is 0 Å². The monoisotopic (exact) mass is 248 g/mol. The molecule has 2 nitrogen and oxygen atoms in total. The van der Waals surface area contributed by atoms with Crippen LogP contribution in [0.25, 0.3) is 0 Å². The zero-order valence-electron chi connectivity index (χ0n) is 11.4. The summed E-state index contributed by atoms with van der Waals surface area (Å²) in [7, 11) is 1.39. The van der Waals surface area contributed by atoms with E-state index >= 15 is 0 Å². The lowest BCUT2D eigenvalue weighted by molar-refractivity contribution is -0.133. The van der Waals surface area contributed by atoms with E-state index in [1.807, 2.05) is 0 Å². The summed E-state index contributed by atoms with van der Waals surface area (Å²) in [5.41, 5.74) is 0. The number of rotatable bonds is 1. The van der Waals surface area contributed by atoms with Gasteiger partial charge in [0.05, 0.1) is 7.11 Å². The van der Waals surface area contributed by atoms with E-state index < -0.39 is 5.97 Å². The second kappa shape index (κ2) is 6.83. The molecular weight excluding hydrogens is 224 g/mol. The molecule has 0 radical (unpaired) electrons. The molecule has 2 aliphatic carbocycles. The van der Waals surface area contributed by atoms with Crippen LogP contribution in [0.1, 0.15) is 57.8 Å². The molecule has 2 aliphatic rings. The third-order valence-electron chi connectivity index (χ3n) is 4.65. The maximum atomic E-state index is 11.0. The number of hydrogen-bond donors (Lipinski definition) is 0. The lowest BCUT2D eigenvalue weighted by Gasteiger charge is -2.34. The van der Waals surface area contributed by atoms with Crippen LogP contribution in [0.5, 0.6) is 0 Å². The highest BCUT2D eigenvalue weighted by Gasteiger charge is 2.27. The first-order valence-corrected chi connectivity index (χ1v) is 7.39. The molecule has 0 spiro atoms. The molecule has 18 heavy (non-hydrogen) atoms. The van der Waals surface area contributed by atoms with Crippen LogP contribution in [0.15, 0.2) is 0 Å². The molecular formula is C16H24O2. The number of esters is 1. The Balaban J connectivity index is 1.76. The van der Waals surface area contributed by atoms with Crippen molar-refractivity contribution in [2.75, 3.05) is 7.11 Å². The lowest BCUT2D eigenvalue weighted by Crippen LogP contribution is -2.23. The third-order valence-corrected chi connectivity index (χ3v) is 4.65. The molecule has 0 N–H and O–H groups in total. The van der Waals surface area contributed by atoms with Gasteiger partial charge in [-0.25, -0.2) is 4.79 Å². The largest absolute Gasteiger partial charge is 0.459 e. The smallest absolute Gasteiger partial charge is 0.384 e. The number of ether oxygens (including phenoxy) is 1. The highest BCUT2D eigenvalue weighted by molar-refractivity contribution is 5.88. The van der Waals surface area contributed by atoms with Crippen molar-refractivity contribution in [1.82, 2.24) is 0 Å². The molecule has 2 heteroatoms. The summed E-state index contributed by atoms with van der Waals surface area (Å²) in [5.74, 6) is 7.59. The standard InChI is InChI=1S/C16H24O2/c1-18-16(17)12-9-13-7-10-15(11-8-13)14-5-3-2-4-6-14/h13-15H,2-8,10-11H2,1H3. The lowest BCUT2D eigenvalue weighted by atomic mass is 9.71.